The van der Waals surface area contributed by atoms with Crippen molar-refractivity contribution in [3.8, 4) is 11.5 Å². The van der Waals surface area contributed by atoms with Crippen molar-refractivity contribution in [2.45, 2.75) is 10.7 Å². The summed E-state index contributed by atoms with van der Waals surface area (Å²) >= 11 is 12.7. The van der Waals surface area contributed by atoms with Gasteiger partial charge in [0.15, 0.2) is 0 Å². The lowest BCUT2D eigenvalue weighted by molar-refractivity contribution is 0.472. The Kier molecular flexibility index (Phi) is 5.25. The summed E-state index contributed by atoms with van der Waals surface area (Å²) in [4.78, 5) is 0. The molecule has 0 bridgehead atoms. The molecule has 0 heterocycles. The van der Waals surface area contributed by atoms with Crippen molar-refractivity contribution in [2.75, 3.05) is 0 Å². The highest BCUT2D eigenvalue weighted by atomic mass is 79.9. The van der Waals surface area contributed by atoms with Crippen molar-refractivity contribution in [2.24, 2.45) is 0 Å². The summed E-state index contributed by atoms with van der Waals surface area (Å²) in [6.45, 7) is 0. The van der Waals surface area contributed by atoms with E-state index in [1.807, 2.05) is 6.07 Å². The first-order valence-electron chi connectivity index (χ1n) is 5.50. The van der Waals surface area contributed by atoms with Crippen LogP contribution >= 0.6 is 43.5 Å². The summed E-state index contributed by atoms with van der Waals surface area (Å²) in [6.07, 6.45) is 0. The predicted molar refractivity (Wildman–Crippen MR) is 83.2 cm³/mol. The number of rotatable bonds is 4. The summed E-state index contributed by atoms with van der Waals surface area (Å²) in [6, 6.07) is 9.86. The van der Waals surface area contributed by atoms with E-state index in [1.54, 1.807) is 18.2 Å². The number of benzene rings is 2. The Morgan fingerprint density at radius 3 is 2.16 bits per heavy atom. The molecule has 0 unspecified atom stereocenters. The molecular formula is C14H10Br2ClFO. The Bertz CT molecular complexity index is 538. The molecule has 5 heteroatoms. The van der Waals surface area contributed by atoms with E-state index in [1.165, 1.54) is 12.1 Å². The van der Waals surface area contributed by atoms with Crippen LogP contribution < -0.4 is 4.74 Å². The van der Waals surface area contributed by atoms with E-state index in [0.717, 1.165) is 11.1 Å². The smallest absolute Gasteiger partial charge is 0.131 e. The minimum absolute atomic E-state index is 0.279. The molecule has 0 radical (unpaired) electrons. The summed E-state index contributed by atoms with van der Waals surface area (Å²) in [5.41, 5.74) is 1.70. The van der Waals surface area contributed by atoms with Gasteiger partial charge in [0, 0.05) is 26.8 Å². The molecule has 0 aliphatic rings. The highest BCUT2D eigenvalue weighted by Crippen LogP contribution is 2.32. The van der Waals surface area contributed by atoms with Gasteiger partial charge in [-0.05, 0) is 36.4 Å². The monoisotopic (exact) mass is 406 g/mol. The van der Waals surface area contributed by atoms with Gasteiger partial charge < -0.3 is 4.74 Å². The van der Waals surface area contributed by atoms with Gasteiger partial charge in [-0.1, -0.05) is 43.5 Å². The van der Waals surface area contributed by atoms with Crippen molar-refractivity contribution in [1.82, 2.24) is 0 Å². The predicted octanol–water partition coefficient (Wildman–Crippen LogP) is 6.06. The Balaban J connectivity index is 2.36. The van der Waals surface area contributed by atoms with Crippen molar-refractivity contribution in [3.63, 3.8) is 0 Å². The minimum atomic E-state index is -0.279. The van der Waals surface area contributed by atoms with E-state index >= 15 is 0 Å². The fourth-order valence-electron chi connectivity index (χ4n) is 1.62. The zero-order chi connectivity index (χ0) is 13.8. The zero-order valence-electron chi connectivity index (χ0n) is 9.80. The van der Waals surface area contributed by atoms with Crippen LogP contribution in [0.1, 0.15) is 11.1 Å². The van der Waals surface area contributed by atoms with Crippen LogP contribution in [0.25, 0.3) is 0 Å². The Morgan fingerprint density at radius 1 is 0.947 bits per heavy atom. The largest absolute Gasteiger partial charge is 0.457 e. The molecule has 0 amide bonds. The van der Waals surface area contributed by atoms with Crippen LogP contribution in [0.15, 0.2) is 36.4 Å². The maximum Gasteiger partial charge on any atom is 0.131 e. The Labute approximate surface area is 133 Å². The van der Waals surface area contributed by atoms with Crippen molar-refractivity contribution in [3.05, 3.63) is 58.4 Å². The van der Waals surface area contributed by atoms with Gasteiger partial charge in [0.1, 0.15) is 17.3 Å². The second-order valence-corrected chi connectivity index (χ2v) is 5.43. The normalized spacial score (nSPS) is 10.5. The van der Waals surface area contributed by atoms with Gasteiger partial charge in [0.25, 0.3) is 0 Å². The number of hydrogen-bond acceptors (Lipinski definition) is 1. The summed E-state index contributed by atoms with van der Waals surface area (Å²) in [7, 11) is 0. The van der Waals surface area contributed by atoms with Gasteiger partial charge in [-0.3, -0.25) is 0 Å². The minimum Gasteiger partial charge on any atom is -0.457 e. The molecule has 0 saturated carbocycles. The van der Waals surface area contributed by atoms with Gasteiger partial charge in [0.2, 0.25) is 0 Å². The SMILES string of the molecule is Fc1ccc(Oc2ccc(Cl)cc2CBr)c(CBr)c1. The molecule has 0 saturated heterocycles. The fourth-order valence-corrected chi connectivity index (χ4v) is 2.69. The van der Waals surface area contributed by atoms with Crippen molar-refractivity contribution < 1.29 is 9.13 Å². The van der Waals surface area contributed by atoms with E-state index in [4.69, 9.17) is 16.3 Å². The number of ether oxygens (including phenoxy) is 1. The molecule has 0 fully saturated rings. The van der Waals surface area contributed by atoms with Crippen LogP contribution in [0, 0.1) is 5.82 Å². The molecule has 1 nitrogen and oxygen atoms in total. The van der Waals surface area contributed by atoms with Crippen molar-refractivity contribution in [1.29, 1.82) is 0 Å². The van der Waals surface area contributed by atoms with Crippen LogP contribution in [0.5, 0.6) is 11.5 Å². The third-order valence-corrected chi connectivity index (χ3v) is 4.00. The first-order valence-corrected chi connectivity index (χ1v) is 8.12. The molecule has 0 aliphatic heterocycles. The van der Waals surface area contributed by atoms with Gasteiger partial charge in [0.05, 0.1) is 0 Å². The molecule has 0 N–H and O–H groups in total. The molecule has 0 aromatic heterocycles. The maximum absolute atomic E-state index is 13.2. The van der Waals surface area contributed by atoms with Crippen molar-refractivity contribution >= 4 is 43.5 Å². The lowest BCUT2D eigenvalue weighted by Crippen LogP contribution is -1.93. The average molecular weight is 408 g/mol. The quantitative estimate of drug-likeness (QED) is 0.559. The van der Waals surface area contributed by atoms with Crippen LogP contribution in [-0.2, 0) is 10.7 Å². The molecule has 0 spiro atoms. The van der Waals surface area contributed by atoms with Gasteiger partial charge >= 0.3 is 0 Å². The first-order chi connectivity index (χ1) is 9.13. The molecule has 0 aliphatic carbocycles. The summed E-state index contributed by atoms with van der Waals surface area (Å²) < 4.78 is 19.0. The van der Waals surface area contributed by atoms with Gasteiger partial charge in [-0.15, -0.1) is 0 Å². The molecule has 2 aromatic carbocycles. The third-order valence-electron chi connectivity index (χ3n) is 2.55. The summed E-state index contributed by atoms with van der Waals surface area (Å²) in [5, 5.41) is 1.81. The number of alkyl halides is 2. The molecule has 0 atom stereocenters. The second kappa shape index (κ2) is 6.73. The van der Waals surface area contributed by atoms with E-state index < -0.39 is 0 Å². The van der Waals surface area contributed by atoms with E-state index in [0.29, 0.717) is 27.2 Å². The average Bonchev–Trinajstić information content (AvgIpc) is 2.42. The lowest BCUT2D eigenvalue weighted by Gasteiger charge is -2.12. The van der Waals surface area contributed by atoms with E-state index in [-0.39, 0.29) is 5.82 Å². The highest BCUT2D eigenvalue weighted by molar-refractivity contribution is 9.08. The third kappa shape index (κ3) is 3.71. The first kappa shape index (κ1) is 14.8. The molecule has 19 heavy (non-hydrogen) atoms. The van der Waals surface area contributed by atoms with E-state index in [9.17, 15) is 4.39 Å². The van der Waals surface area contributed by atoms with E-state index in [2.05, 4.69) is 31.9 Å². The van der Waals surface area contributed by atoms with Crippen LogP contribution in [0.4, 0.5) is 4.39 Å². The van der Waals surface area contributed by atoms with Gasteiger partial charge in [-0.2, -0.15) is 0 Å². The fraction of sp³-hybridized carbons (Fsp3) is 0.143. The second-order valence-electron chi connectivity index (χ2n) is 3.87. The molecule has 100 valence electrons. The molecule has 2 aromatic rings. The van der Waals surface area contributed by atoms with Crippen LogP contribution in [0.3, 0.4) is 0 Å². The molecular weight excluding hydrogens is 398 g/mol. The molecule has 2 rings (SSSR count). The Hall–Kier alpha value is -0.580. The van der Waals surface area contributed by atoms with Crippen LogP contribution in [0.2, 0.25) is 5.02 Å². The van der Waals surface area contributed by atoms with Crippen LogP contribution in [-0.4, -0.2) is 0 Å². The number of hydrogen-bond donors (Lipinski definition) is 0. The standard InChI is InChI=1S/C14H10Br2ClFO/c15-7-9-5-11(17)1-3-13(9)19-14-4-2-12(18)6-10(14)8-16/h1-6H,7-8H2. The number of halogens is 4. The van der Waals surface area contributed by atoms with Gasteiger partial charge in [-0.25, -0.2) is 4.39 Å². The summed E-state index contributed by atoms with van der Waals surface area (Å²) in [5.74, 6) is 1.05. The maximum atomic E-state index is 13.2. The zero-order valence-corrected chi connectivity index (χ0v) is 13.7. The Morgan fingerprint density at radius 2 is 1.53 bits per heavy atom. The highest BCUT2D eigenvalue weighted by Gasteiger charge is 2.09. The topological polar surface area (TPSA) is 9.23 Å². The lowest BCUT2D eigenvalue weighted by atomic mass is 10.2.